The van der Waals surface area contributed by atoms with E-state index in [9.17, 15) is 12.8 Å². The van der Waals surface area contributed by atoms with Crippen molar-refractivity contribution < 1.29 is 12.8 Å². The molecule has 20 heavy (non-hydrogen) atoms. The van der Waals surface area contributed by atoms with Gasteiger partial charge >= 0.3 is 0 Å². The molecular weight excluding hydrogens is 347 g/mol. The van der Waals surface area contributed by atoms with Crippen LogP contribution in [-0.2, 0) is 10.0 Å². The molecule has 1 aromatic rings. The largest absolute Gasteiger partial charge is 0.329 e. The molecule has 0 amide bonds. The van der Waals surface area contributed by atoms with Gasteiger partial charge in [-0.05, 0) is 52.9 Å². The minimum Gasteiger partial charge on any atom is -0.329 e. The fourth-order valence-corrected chi connectivity index (χ4v) is 4.66. The Morgan fingerprint density at radius 2 is 2.20 bits per heavy atom. The Balaban J connectivity index is 2.40. The highest BCUT2D eigenvalue weighted by atomic mass is 79.9. The van der Waals surface area contributed by atoms with Gasteiger partial charge in [0.25, 0.3) is 0 Å². The van der Waals surface area contributed by atoms with Crippen molar-refractivity contribution in [1.29, 1.82) is 0 Å². The van der Waals surface area contributed by atoms with Crippen LogP contribution in [0.1, 0.15) is 19.8 Å². The van der Waals surface area contributed by atoms with Crippen LogP contribution in [0.2, 0.25) is 0 Å². The van der Waals surface area contributed by atoms with Gasteiger partial charge in [0.05, 0.1) is 9.37 Å². The maximum absolute atomic E-state index is 13.6. The molecule has 1 saturated heterocycles. The number of hydrogen-bond donors (Lipinski definition) is 1. The molecule has 1 fully saturated rings. The Morgan fingerprint density at radius 3 is 2.80 bits per heavy atom. The summed E-state index contributed by atoms with van der Waals surface area (Å²) < 4.78 is 40.6. The lowest BCUT2D eigenvalue weighted by molar-refractivity contribution is 0.192. The van der Waals surface area contributed by atoms with Crippen LogP contribution < -0.4 is 5.73 Å². The fraction of sp³-hybridized carbons (Fsp3) is 0.538. The molecule has 1 aromatic carbocycles. The van der Waals surface area contributed by atoms with Gasteiger partial charge in [0.15, 0.2) is 0 Å². The van der Waals surface area contributed by atoms with Gasteiger partial charge in [-0.2, -0.15) is 4.31 Å². The third kappa shape index (κ3) is 2.90. The molecular formula is C13H18BrFN2O2S. The molecule has 2 unspecified atom stereocenters. The van der Waals surface area contributed by atoms with E-state index < -0.39 is 15.8 Å². The first-order valence-corrected chi connectivity index (χ1v) is 8.78. The number of nitrogens with zero attached hydrogens (tertiary/aromatic N) is 1. The van der Waals surface area contributed by atoms with Gasteiger partial charge in [-0.3, -0.25) is 0 Å². The summed E-state index contributed by atoms with van der Waals surface area (Å²) in [5.41, 5.74) is 5.73. The van der Waals surface area contributed by atoms with E-state index in [1.807, 2.05) is 6.92 Å². The molecule has 2 N–H and O–H groups in total. The maximum Gasteiger partial charge on any atom is 0.243 e. The number of sulfonamides is 1. The standard InChI is InChI=1S/C13H18BrFN2O2S/c1-9-3-2-6-17(13(9)8-16)20(18,19)10-4-5-11(14)12(15)7-10/h4-5,7,9,13H,2-3,6,8,16H2,1H3. The molecule has 0 saturated carbocycles. The predicted molar refractivity (Wildman–Crippen MR) is 79.2 cm³/mol. The van der Waals surface area contributed by atoms with Crippen molar-refractivity contribution in [2.45, 2.75) is 30.7 Å². The zero-order valence-corrected chi connectivity index (χ0v) is 13.6. The first-order valence-electron chi connectivity index (χ1n) is 6.55. The lowest BCUT2D eigenvalue weighted by Crippen LogP contribution is -2.51. The van der Waals surface area contributed by atoms with Crippen molar-refractivity contribution >= 4 is 26.0 Å². The molecule has 4 nitrogen and oxygen atoms in total. The lowest BCUT2D eigenvalue weighted by atomic mass is 9.93. The van der Waals surface area contributed by atoms with Crippen molar-refractivity contribution in [3.05, 3.63) is 28.5 Å². The Bertz CT molecular complexity index is 594. The molecule has 0 bridgehead atoms. The molecule has 2 atom stereocenters. The van der Waals surface area contributed by atoms with E-state index in [0.29, 0.717) is 6.54 Å². The molecule has 2 rings (SSSR count). The number of hydrogen-bond acceptors (Lipinski definition) is 3. The first-order chi connectivity index (χ1) is 9.37. The smallest absolute Gasteiger partial charge is 0.243 e. The van der Waals surface area contributed by atoms with Crippen LogP contribution >= 0.6 is 15.9 Å². The number of halogens is 2. The van der Waals surface area contributed by atoms with Crippen molar-refractivity contribution in [2.24, 2.45) is 11.7 Å². The predicted octanol–water partition coefficient (Wildman–Crippen LogP) is 2.34. The third-order valence-corrected chi connectivity index (χ3v) is 6.37. The third-order valence-electron chi connectivity index (χ3n) is 3.80. The molecule has 0 spiro atoms. The van der Waals surface area contributed by atoms with Crippen LogP contribution in [0.5, 0.6) is 0 Å². The van der Waals surface area contributed by atoms with Crippen molar-refractivity contribution in [3.63, 3.8) is 0 Å². The minimum absolute atomic E-state index is 0.0225. The van der Waals surface area contributed by atoms with Gasteiger partial charge in [-0.15, -0.1) is 0 Å². The van der Waals surface area contributed by atoms with E-state index in [-0.39, 0.29) is 27.9 Å². The second-order valence-corrected chi connectivity index (χ2v) is 7.86. The van der Waals surface area contributed by atoms with E-state index in [0.717, 1.165) is 18.9 Å². The Morgan fingerprint density at radius 1 is 1.50 bits per heavy atom. The van der Waals surface area contributed by atoms with E-state index in [1.165, 1.54) is 16.4 Å². The molecule has 1 aliphatic heterocycles. The van der Waals surface area contributed by atoms with Crippen molar-refractivity contribution in [2.75, 3.05) is 13.1 Å². The normalized spacial score (nSPS) is 24.8. The van der Waals surface area contributed by atoms with Crippen LogP contribution in [0, 0.1) is 11.7 Å². The van der Waals surface area contributed by atoms with Gasteiger partial charge in [-0.1, -0.05) is 6.92 Å². The Hall–Kier alpha value is -0.500. The highest BCUT2D eigenvalue weighted by Crippen LogP contribution is 2.29. The first kappa shape index (κ1) is 15.9. The van der Waals surface area contributed by atoms with Crippen LogP contribution in [-0.4, -0.2) is 31.9 Å². The quantitative estimate of drug-likeness (QED) is 0.894. The summed E-state index contributed by atoms with van der Waals surface area (Å²) in [7, 11) is -3.70. The fourth-order valence-electron chi connectivity index (χ4n) is 2.63. The topological polar surface area (TPSA) is 63.4 Å². The Kier molecular flexibility index (Phi) is 4.84. The van der Waals surface area contributed by atoms with Crippen LogP contribution in [0.4, 0.5) is 4.39 Å². The summed E-state index contributed by atoms with van der Waals surface area (Å²) in [6, 6.07) is 3.65. The second kappa shape index (κ2) is 6.09. The summed E-state index contributed by atoms with van der Waals surface area (Å²) in [5, 5.41) is 0. The molecule has 0 radical (unpaired) electrons. The average Bonchev–Trinajstić information content (AvgIpc) is 2.41. The summed E-state index contributed by atoms with van der Waals surface area (Å²) in [6.45, 7) is 2.72. The second-order valence-electron chi connectivity index (χ2n) is 5.11. The van der Waals surface area contributed by atoms with E-state index in [4.69, 9.17) is 5.73 Å². The maximum atomic E-state index is 13.6. The summed E-state index contributed by atoms with van der Waals surface area (Å²) >= 11 is 3.02. The highest BCUT2D eigenvalue weighted by molar-refractivity contribution is 9.10. The highest BCUT2D eigenvalue weighted by Gasteiger charge is 2.36. The number of piperidine rings is 1. The summed E-state index contributed by atoms with van der Waals surface area (Å²) in [4.78, 5) is -0.0225. The molecule has 7 heteroatoms. The minimum atomic E-state index is -3.70. The molecule has 1 aliphatic rings. The van der Waals surface area contributed by atoms with Gasteiger partial charge in [0.2, 0.25) is 10.0 Å². The van der Waals surface area contributed by atoms with Crippen LogP contribution in [0.3, 0.4) is 0 Å². The number of nitrogens with two attached hydrogens (primary N) is 1. The van der Waals surface area contributed by atoms with Crippen LogP contribution in [0.25, 0.3) is 0 Å². The van der Waals surface area contributed by atoms with Crippen LogP contribution in [0.15, 0.2) is 27.6 Å². The van der Waals surface area contributed by atoms with Gasteiger partial charge < -0.3 is 5.73 Å². The molecule has 0 aromatic heterocycles. The van der Waals surface area contributed by atoms with Gasteiger partial charge in [-0.25, -0.2) is 12.8 Å². The molecule has 0 aliphatic carbocycles. The lowest BCUT2D eigenvalue weighted by Gasteiger charge is -2.38. The van der Waals surface area contributed by atoms with Crippen molar-refractivity contribution in [1.82, 2.24) is 4.31 Å². The van der Waals surface area contributed by atoms with Gasteiger partial charge in [0.1, 0.15) is 5.82 Å². The number of rotatable bonds is 3. The monoisotopic (exact) mass is 364 g/mol. The molecule has 112 valence electrons. The zero-order chi connectivity index (χ0) is 14.9. The van der Waals surface area contributed by atoms with Crippen molar-refractivity contribution in [3.8, 4) is 0 Å². The SMILES string of the molecule is CC1CCCN(S(=O)(=O)c2ccc(Br)c(F)c2)C1CN. The zero-order valence-electron chi connectivity index (χ0n) is 11.2. The van der Waals surface area contributed by atoms with Gasteiger partial charge in [0, 0.05) is 19.1 Å². The summed E-state index contributed by atoms with van der Waals surface area (Å²) in [6.07, 6.45) is 1.76. The summed E-state index contributed by atoms with van der Waals surface area (Å²) in [5.74, 6) is -0.371. The van der Waals surface area contributed by atoms with E-state index >= 15 is 0 Å². The average molecular weight is 365 g/mol. The van der Waals surface area contributed by atoms with E-state index in [1.54, 1.807) is 0 Å². The number of benzene rings is 1. The van der Waals surface area contributed by atoms with E-state index in [2.05, 4.69) is 15.9 Å². The Labute approximate surface area is 127 Å². The molecule has 1 heterocycles.